The van der Waals surface area contributed by atoms with Gasteiger partial charge in [-0.25, -0.2) is 0 Å². The van der Waals surface area contributed by atoms with Crippen LogP contribution >= 0.6 is 0 Å². The fourth-order valence-corrected chi connectivity index (χ4v) is 1.88. The Labute approximate surface area is 125 Å². The molecule has 1 aromatic rings. The molecule has 0 saturated heterocycles. The molecule has 1 aliphatic carbocycles. The van der Waals surface area contributed by atoms with Gasteiger partial charge in [0.05, 0.1) is 5.92 Å². The van der Waals surface area contributed by atoms with Gasteiger partial charge in [-0.05, 0) is 44.4 Å². The minimum Gasteiger partial charge on any atom is -0.349 e. The first kappa shape index (κ1) is 15.5. The lowest BCUT2D eigenvalue weighted by molar-refractivity contribution is -0.119. The molecule has 0 bridgehead atoms. The summed E-state index contributed by atoms with van der Waals surface area (Å²) < 4.78 is 0. The topological polar surface area (TPSA) is 84.2 Å². The number of nitrogens with one attached hydrogen (secondary N) is 2. The molecular weight excluding hydrogens is 266 g/mol. The van der Waals surface area contributed by atoms with Gasteiger partial charge in [0.2, 0.25) is 5.91 Å². The van der Waals surface area contributed by atoms with Gasteiger partial charge in [0, 0.05) is 23.3 Å². The summed E-state index contributed by atoms with van der Waals surface area (Å²) in [5.41, 5.74) is 7.89. The lowest BCUT2D eigenvalue weighted by Gasteiger charge is -2.17. The highest BCUT2D eigenvalue weighted by atomic mass is 16.2. The van der Waals surface area contributed by atoms with Gasteiger partial charge in [0.15, 0.2) is 0 Å². The van der Waals surface area contributed by atoms with Crippen LogP contribution in [0.5, 0.6) is 0 Å². The number of benzene rings is 1. The summed E-state index contributed by atoms with van der Waals surface area (Å²) in [5, 5.41) is 5.80. The summed E-state index contributed by atoms with van der Waals surface area (Å²) in [7, 11) is 0. The van der Waals surface area contributed by atoms with Crippen molar-refractivity contribution >= 4 is 17.5 Å². The van der Waals surface area contributed by atoms with Crippen LogP contribution in [-0.4, -0.2) is 23.9 Å². The van der Waals surface area contributed by atoms with Gasteiger partial charge in [-0.1, -0.05) is 13.0 Å². The van der Waals surface area contributed by atoms with Gasteiger partial charge in [0.1, 0.15) is 0 Å². The minimum atomic E-state index is -0.284. The zero-order chi connectivity index (χ0) is 15.6. The smallest absolute Gasteiger partial charge is 0.251 e. The number of carbonyl (C=O) groups excluding carboxylic acids is 2. The van der Waals surface area contributed by atoms with Gasteiger partial charge < -0.3 is 16.4 Å². The predicted molar refractivity (Wildman–Crippen MR) is 83.1 cm³/mol. The molecule has 1 aliphatic rings. The van der Waals surface area contributed by atoms with Crippen LogP contribution in [0, 0.1) is 12.8 Å². The van der Waals surface area contributed by atoms with Crippen molar-refractivity contribution in [1.29, 1.82) is 0 Å². The number of hydrogen-bond acceptors (Lipinski definition) is 3. The molecule has 21 heavy (non-hydrogen) atoms. The van der Waals surface area contributed by atoms with E-state index < -0.39 is 0 Å². The van der Waals surface area contributed by atoms with Gasteiger partial charge in [-0.2, -0.15) is 0 Å². The largest absolute Gasteiger partial charge is 0.349 e. The molecule has 0 spiro atoms. The standard InChI is InChI=1S/C16H23N3O2/c1-9-4-5-12(16(21)18-13-6-7-13)8-14(9)19-15(20)10(2)11(3)17/h4-5,8,10-11,13H,6-7,17H2,1-3H3,(H,18,21)(H,19,20). The fraction of sp³-hybridized carbons (Fsp3) is 0.500. The van der Waals surface area contributed by atoms with E-state index in [1.807, 2.05) is 13.0 Å². The van der Waals surface area contributed by atoms with Crippen molar-refractivity contribution in [3.05, 3.63) is 29.3 Å². The van der Waals surface area contributed by atoms with E-state index >= 15 is 0 Å². The van der Waals surface area contributed by atoms with E-state index in [2.05, 4.69) is 10.6 Å². The lowest BCUT2D eigenvalue weighted by atomic mass is 10.0. The number of aryl methyl sites for hydroxylation is 1. The molecule has 0 radical (unpaired) electrons. The average Bonchev–Trinajstić information content (AvgIpc) is 3.23. The number of nitrogens with two attached hydrogens (primary N) is 1. The Morgan fingerprint density at radius 2 is 1.95 bits per heavy atom. The zero-order valence-corrected chi connectivity index (χ0v) is 12.8. The average molecular weight is 289 g/mol. The molecule has 0 aliphatic heterocycles. The molecule has 5 nitrogen and oxygen atoms in total. The maximum Gasteiger partial charge on any atom is 0.251 e. The van der Waals surface area contributed by atoms with Crippen molar-refractivity contribution in [1.82, 2.24) is 5.32 Å². The number of amides is 2. The summed E-state index contributed by atoms with van der Waals surface area (Å²) >= 11 is 0. The molecule has 2 amide bonds. The monoisotopic (exact) mass is 289 g/mol. The Bertz CT molecular complexity index is 550. The summed E-state index contributed by atoms with van der Waals surface area (Å²) in [6, 6.07) is 5.44. The molecule has 5 heteroatoms. The molecule has 1 fully saturated rings. The number of rotatable bonds is 5. The van der Waals surface area contributed by atoms with Crippen molar-refractivity contribution in [2.45, 2.75) is 45.7 Å². The number of anilines is 1. The van der Waals surface area contributed by atoms with Gasteiger partial charge in [0.25, 0.3) is 5.91 Å². The number of carbonyl (C=O) groups is 2. The van der Waals surface area contributed by atoms with Crippen LogP contribution in [0.1, 0.15) is 42.6 Å². The second-order valence-corrected chi connectivity index (χ2v) is 5.91. The van der Waals surface area contributed by atoms with Crippen LogP contribution in [0.4, 0.5) is 5.69 Å². The molecule has 0 aromatic heterocycles. The van der Waals surface area contributed by atoms with Crippen LogP contribution in [-0.2, 0) is 4.79 Å². The highest BCUT2D eigenvalue weighted by Crippen LogP contribution is 2.21. The zero-order valence-electron chi connectivity index (χ0n) is 12.8. The minimum absolute atomic E-state index is 0.0896. The first-order valence-corrected chi connectivity index (χ1v) is 7.36. The van der Waals surface area contributed by atoms with E-state index in [0.717, 1.165) is 18.4 Å². The molecule has 2 rings (SSSR count). The van der Waals surface area contributed by atoms with E-state index in [-0.39, 0.29) is 23.8 Å². The van der Waals surface area contributed by atoms with Crippen LogP contribution in [0.15, 0.2) is 18.2 Å². The fourth-order valence-electron chi connectivity index (χ4n) is 1.88. The van der Waals surface area contributed by atoms with Gasteiger partial charge in [-0.15, -0.1) is 0 Å². The molecular formula is C16H23N3O2. The van der Waals surface area contributed by atoms with E-state index in [9.17, 15) is 9.59 Å². The third kappa shape index (κ3) is 4.04. The Balaban J connectivity index is 2.11. The van der Waals surface area contributed by atoms with E-state index in [0.29, 0.717) is 17.3 Å². The molecule has 0 heterocycles. The molecule has 1 saturated carbocycles. The molecule has 114 valence electrons. The maximum absolute atomic E-state index is 12.1. The maximum atomic E-state index is 12.1. The summed E-state index contributed by atoms with van der Waals surface area (Å²) in [6.45, 7) is 5.49. The highest BCUT2D eigenvalue weighted by molar-refractivity contribution is 5.98. The highest BCUT2D eigenvalue weighted by Gasteiger charge is 2.24. The predicted octanol–water partition coefficient (Wildman–Crippen LogP) is 1.81. The Morgan fingerprint density at radius 3 is 2.52 bits per heavy atom. The van der Waals surface area contributed by atoms with Crippen molar-refractivity contribution < 1.29 is 9.59 Å². The summed E-state index contributed by atoms with van der Waals surface area (Å²) in [5.74, 6) is -0.505. The molecule has 2 atom stereocenters. The SMILES string of the molecule is Cc1ccc(C(=O)NC2CC2)cc1NC(=O)C(C)C(C)N. The van der Waals surface area contributed by atoms with Gasteiger partial charge in [-0.3, -0.25) is 9.59 Å². The van der Waals surface area contributed by atoms with Gasteiger partial charge >= 0.3 is 0 Å². The molecule has 4 N–H and O–H groups in total. The molecule has 1 aromatic carbocycles. The van der Waals surface area contributed by atoms with Crippen LogP contribution in [0.3, 0.4) is 0 Å². The summed E-state index contributed by atoms with van der Waals surface area (Å²) in [4.78, 5) is 24.1. The first-order valence-electron chi connectivity index (χ1n) is 7.36. The van der Waals surface area contributed by atoms with Crippen LogP contribution in [0.25, 0.3) is 0 Å². The van der Waals surface area contributed by atoms with E-state index in [4.69, 9.17) is 5.73 Å². The second-order valence-electron chi connectivity index (χ2n) is 5.91. The third-order valence-electron chi connectivity index (χ3n) is 3.87. The van der Waals surface area contributed by atoms with Crippen molar-refractivity contribution in [2.24, 2.45) is 11.7 Å². The van der Waals surface area contributed by atoms with Crippen molar-refractivity contribution in [2.75, 3.05) is 5.32 Å². The Kier molecular flexibility index (Phi) is 4.63. The Hall–Kier alpha value is -1.88. The normalized spacial score (nSPS) is 17.0. The Morgan fingerprint density at radius 1 is 1.29 bits per heavy atom. The second kappa shape index (κ2) is 6.26. The van der Waals surface area contributed by atoms with Crippen LogP contribution < -0.4 is 16.4 Å². The lowest BCUT2D eigenvalue weighted by Crippen LogP contribution is -2.34. The van der Waals surface area contributed by atoms with Crippen molar-refractivity contribution in [3.63, 3.8) is 0 Å². The quantitative estimate of drug-likeness (QED) is 0.773. The third-order valence-corrected chi connectivity index (χ3v) is 3.87. The van der Waals surface area contributed by atoms with Crippen molar-refractivity contribution in [3.8, 4) is 0 Å². The van der Waals surface area contributed by atoms with E-state index in [1.54, 1.807) is 26.0 Å². The number of hydrogen-bond donors (Lipinski definition) is 3. The first-order chi connectivity index (χ1) is 9.88. The van der Waals surface area contributed by atoms with Crippen LogP contribution in [0.2, 0.25) is 0 Å². The van der Waals surface area contributed by atoms with E-state index in [1.165, 1.54) is 0 Å². The molecule has 2 unspecified atom stereocenters. The summed E-state index contributed by atoms with van der Waals surface area (Å²) in [6.07, 6.45) is 2.10.